The Morgan fingerprint density at radius 3 is 2.48 bits per heavy atom. The van der Waals surface area contributed by atoms with E-state index in [4.69, 9.17) is 0 Å². The average Bonchev–Trinajstić information content (AvgIpc) is 2.65. The van der Waals surface area contributed by atoms with Crippen molar-refractivity contribution < 1.29 is 22.8 Å². The van der Waals surface area contributed by atoms with E-state index in [1.165, 1.54) is 13.0 Å². The lowest BCUT2D eigenvalue weighted by molar-refractivity contribution is -0.185. The number of nitriles is 1. The molecule has 0 spiro atoms. The maximum Gasteiger partial charge on any atom is 0.471 e. The van der Waals surface area contributed by atoms with E-state index in [9.17, 15) is 28.0 Å². The Bertz CT molecular complexity index is 734. The molecule has 8 heteroatoms. The van der Waals surface area contributed by atoms with Gasteiger partial charge < -0.3 is 10.2 Å². The minimum atomic E-state index is -4.93. The van der Waals surface area contributed by atoms with E-state index in [0.717, 1.165) is 19.3 Å². The van der Waals surface area contributed by atoms with Crippen LogP contribution in [0.2, 0.25) is 0 Å². The highest BCUT2D eigenvalue weighted by atomic mass is 19.4. The zero-order valence-electron chi connectivity index (χ0n) is 15.1. The molecular formula is C19H22F3N3O2. The first-order valence-electron chi connectivity index (χ1n) is 8.89. The van der Waals surface area contributed by atoms with Gasteiger partial charge in [0, 0.05) is 18.8 Å². The second kappa shape index (κ2) is 8.42. The van der Waals surface area contributed by atoms with Crippen molar-refractivity contribution in [3.8, 4) is 6.07 Å². The van der Waals surface area contributed by atoms with Crippen molar-refractivity contribution in [2.45, 2.75) is 51.7 Å². The molecule has 0 bridgehead atoms. The fourth-order valence-electron chi connectivity index (χ4n) is 3.27. The molecule has 27 heavy (non-hydrogen) atoms. The second-order valence-corrected chi connectivity index (χ2v) is 6.73. The molecule has 2 rings (SSSR count). The number of nitrogens with zero attached hydrogens (tertiary/aromatic N) is 2. The predicted molar refractivity (Wildman–Crippen MR) is 93.3 cm³/mol. The molecule has 0 heterocycles. The first-order valence-corrected chi connectivity index (χ1v) is 8.89. The van der Waals surface area contributed by atoms with Gasteiger partial charge in [0.2, 0.25) is 5.91 Å². The number of halogens is 3. The number of hydrogen-bond donors (Lipinski definition) is 1. The Labute approximate surface area is 156 Å². The maximum atomic E-state index is 12.6. The summed E-state index contributed by atoms with van der Waals surface area (Å²) in [4.78, 5) is 24.7. The van der Waals surface area contributed by atoms with Crippen LogP contribution in [0.4, 0.5) is 18.9 Å². The molecule has 146 valence electrons. The zero-order chi connectivity index (χ0) is 20.1. The third-order valence-electron chi connectivity index (χ3n) is 4.83. The van der Waals surface area contributed by atoms with Gasteiger partial charge >= 0.3 is 12.1 Å². The number of carbonyl (C=O) groups excluding carboxylic acids is 2. The number of rotatable bonds is 5. The van der Waals surface area contributed by atoms with Crippen LogP contribution in [0.25, 0.3) is 0 Å². The molecule has 1 aromatic carbocycles. The number of nitrogens with one attached hydrogen (secondary N) is 1. The van der Waals surface area contributed by atoms with Crippen molar-refractivity contribution >= 4 is 17.5 Å². The Morgan fingerprint density at radius 2 is 1.93 bits per heavy atom. The third-order valence-corrected chi connectivity index (χ3v) is 4.83. The number of alkyl halides is 3. The highest BCUT2D eigenvalue weighted by Gasteiger charge is 2.42. The number of amides is 2. The zero-order valence-corrected chi connectivity index (χ0v) is 15.1. The summed E-state index contributed by atoms with van der Waals surface area (Å²) in [5.74, 6) is -2.29. The molecule has 0 saturated heterocycles. The smallest absolute Gasteiger partial charge is 0.331 e. The minimum Gasteiger partial charge on any atom is -0.331 e. The van der Waals surface area contributed by atoms with E-state index in [2.05, 4.69) is 11.4 Å². The highest BCUT2D eigenvalue weighted by molar-refractivity contribution is 5.97. The van der Waals surface area contributed by atoms with Gasteiger partial charge in [-0.05, 0) is 37.5 Å². The number of carbonyl (C=O) groups is 2. The van der Waals surface area contributed by atoms with E-state index in [1.807, 2.05) is 0 Å². The summed E-state index contributed by atoms with van der Waals surface area (Å²) in [5.41, 5.74) is -0.203. The Hall–Kier alpha value is -2.56. The van der Waals surface area contributed by atoms with Crippen LogP contribution in [-0.2, 0) is 16.1 Å². The summed E-state index contributed by atoms with van der Waals surface area (Å²) < 4.78 is 37.9. The van der Waals surface area contributed by atoms with Gasteiger partial charge in [0.25, 0.3) is 0 Å². The van der Waals surface area contributed by atoms with Crippen molar-refractivity contribution in [3.05, 3.63) is 29.8 Å². The van der Waals surface area contributed by atoms with E-state index in [0.29, 0.717) is 29.0 Å². The summed E-state index contributed by atoms with van der Waals surface area (Å²) in [6.07, 6.45) is -1.32. The van der Waals surface area contributed by atoms with Crippen LogP contribution in [0.3, 0.4) is 0 Å². The summed E-state index contributed by atoms with van der Waals surface area (Å²) in [5, 5.41) is 12.2. The van der Waals surface area contributed by atoms with Crippen LogP contribution < -0.4 is 5.32 Å². The van der Waals surface area contributed by atoms with Gasteiger partial charge in [0.15, 0.2) is 0 Å². The normalized spacial score (nSPS) is 16.3. The van der Waals surface area contributed by atoms with Gasteiger partial charge in [-0.2, -0.15) is 18.4 Å². The average molecular weight is 381 g/mol. The molecule has 1 aliphatic rings. The van der Waals surface area contributed by atoms with Crippen molar-refractivity contribution in [1.82, 2.24) is 4.90 Å². The lowest BCUT2D eigenvalue weighted by atomic mass is 9.74. The molecule has 1 N–H and O–H groups in total. The quantitative estimate of drug-likeness (QED) is 0.838. The van der Waals surface area contributed by atoms with Gasteiger partial charge in [0.1, 0.15) is 5.41 Å². The molecule has 0 atom stereocenters. The molecule has 0 aliphatic heterocycles. The van der Waals surface area contributed by atoms with Crippen LogP contribution in [0.5, 0.6) is 0 Å². The minimum absolute atomic E-state index is 0.0908. The predicted octanol–water partition coefficient (Wildman–Crippen LogP) is 4.01. The first-order chi connectivity index (χ1) is 12.7. The maximum absolute atomic E-state index is 12.6. The summed E-state index contributed by atoms with van der Waals surface area (Å²) in [6.45, 7) is 1.16. The SMILES string of the molecule is CCN(Cc1cccc(NC(=O)C2(C#N)CCCCC2)c1)C(=O)C(F)(F)F. The topological polar surface area (TPSA) is 73.2 Å². The standard InChI is InChI=1S/C19H22F3N3O2/c1-2-25(17(27)19(20,21)22)12-14-7-6-8-15(11-14)24-16(26)18(13-23)9-4-3-5-10-18/h6-8,11H,2-5,9-10,12H2,1H3,(H,24,26). The molecule has 1 aliphatic carbocycles. The van der Waals surface area contributed by atoms with Gasteiger partial charge in [-0.25, -0.2) is 0 Å². The van der Waals surface area contributed by atoms with Crippen molar-refractivity contribution in [1.29, 1.82) is 5.26 Å². The monoisotopic (exact) mass is 381 g/mol. The molecule has 2 amide bonds. The van der Waals surface area contributed by atoms with Gasteiger partial charge in [-0.3, -0.25) is 9.59 Å². The lowest BCUT2D eigenvalue weighted by Crippen LogP contribution is -2.40. The molecule has 1 aromatic rings. The van der Waals surface area contributed by atoms with Crippen molar-refractivity contribution in [2.75, 3.05) is 11.9 Å². The summed E-state index contributed by atoms with van der Waals surface area (Å²) in [7, 11) is 0. The van der Waals surface area contributed by atoms with Crippen molar-refractivity contribution in [2.24, 2.45) is 5.41 Å². The second-order valence-electron chi connectivity index (χ2n) is 6.73. The number of hydrogen-bond acceptors (Lipinski definition) is 3. The molecule has 0 unspecified atom stereocenters. The first kappa shape index (κ1) is 20.7. The highest BCUT2D eigenvalue weighted by Crippen LogP contribution is 2.36. The number of benzene rings is 1. The molecular weight excluding hydrogens is 359 g/mol. The fraction of sp³-hybridized carbons (Fsp3) is 0.526. The molecule has 0 aromatic heterocycles. The van der Waals surface area contributed by atoms with Gasteiger partial charge in [-0.1, -0.05) is 31.4 Å². The lowest BCUT2D eigenvalue weighted by Gasteiger charge is -2.29. The van der Waals surface area contributed by atoms with Gasteiger partial charge in [0.05, 0.1) is 6.07 Å². The van der Waals surface area contributed by atoms with Crippen molar-refractivity contribution in [3.63, 3.8) is 0 Å². The van der Waals surface area contributed by atoms with E-state index < -0.39 is 17.5 Å². The molecule has 5 nitrogen and oxygen atoms in total. The van der Waals surface area contributed by atoms with Crippen LogP contribution in [0, 0.1) is 16.7 Å². The summed E-state index contributed by atoms with van der Waals surface area (Å²) in [6, 6.07) is 8.45. The summed E-state index contributed by atoms with van der Waals surface area (Å²) >= 11 is 0. The Morgan fingerprint density at radius 1 is 1.26 bits per heavy atom. The van der Waals surface area contributed by atoms with E-state index in [-0.39, 0.29) is 19.0 Å². The van der Waals surface area contributed by atoms with Crippen LogP contribution in [0.1, 0.15) is 44.6 Å². The molecule has 1 saturated carbocycles. The number of anilines is 1. The Kier molecular flexibility index (Phi) is 6.47. The van der Waals surface area contributed by atoms with Crippen LogP contribution in [-0.4, -0.2) is 29.4 Å². The molecule has 1 fully saturated rings. The van der Waals surface area contributed by atoms with Crippen LogP contribution in [0.15, 0.2) is 24.3 Å². The van der Waals surface area contributed by atoms with Gasteiger partial charge in [-0.15, -0.1) is 0 Å². The third kappa shape index (κ3) is 5.00. The largest absolute Gasteiger partial charge is 0.471 e. The van der Waals surface area contributed by atoms with E-state index >= 15 is 0 Å². The van der Waals surface area contributed by atoms with Crippen LogP contribution >= 0.6 is 0 Å². The Balaban J connectivity index is 2.12. The molecule has 0 radical (unpaired) electrons. The van der Waals surface area contributed by atoms with E-state index in [1.54, 1.807) is 18.2 Å². The fourth-order valence-corrected chi connectivity index (χ4v) is 3.27.